The smallest absolute Gasteiger partial charge is 0.264 e. The summed E-state index contributed by atoms with van der Waals surface area (Å²) in [6, 6.07) is 9.77. The monoisotopic (exact) mass is 380 g/mol. The van der Waals surface area contributed by atoms with Gasteiger partial charge in [-0.05, 0) is 36.4 Å². The number of halogens is 3. The Morgan fingerprint density at radius 3 is 2.88 bits per heavy atom. The molecule has 0 radical (unpaired) electrons. The van der Waals surface area contributed by atoms with E-state index < -0.39 is 17.5 Å². The predicted octanol–water partition coefficient (Wildman–Crippen LogP) is 4.76. The molecule has 8 heteroatoms. The summed E-state index contributed by atoms with van der Waals surface area (Å²) in [5, 5.41) is 4.84. The zero-order valence-corrected chi connectivity index (χ0v) is 14.2. The van der Waals surface area contributed by atoms with Gasteiger partial charge in [0.05, 0.1) is 5.69 Å². The largest absolute Gasteiger partial charge is 0.484 e. The highest BCUT2D eigenvalue weighted by atomic mass is 35.5. The van der Waals surface area contributed by atoms with Gasteiger partial charge in [-0.15, -0.1) is 11.3 Å². The van der Waals surface area contributed by atoms with Gasteiger partial charge in [0.25, 0.3) is 5.91 Å². The van der Waals surface area contributed by atoms with Crippen molar-refractivity contribution in [1.29, 1.82) is 0 Å². The first-order valence-electron chi connectivity index (χ1n) is 7.10. The van der Waals surface area contributed by atoms with Crippen LogP contribution in [0, 0.1) is 11.6 Å². The normalized spacial score (nSPS) is 10.5. The summed E-state index contributed by atoms with van der Waals surface area (Å²) >= 11 is 6.93. The van der Waals surface area contributed by atoms with E-state index in [4.69, 9.17) is 16.3 Å². The summed E-state index contributed by atoms with van der Waals surface area (Å²) in [5.41, 5.74) is 0.278. The van der Waals surface area contributed by atoms with Crippen LogP contribution >= 0.6 is 22.9 Å². The van der Waals surface area contributed by atoms with Gasteiger partial charge in [-0.2, -0.15) is 0 Å². The molecule has 0 fully saturated rings. The predicted molar refractivity (Wildman–Crippen MR) is 93.0 cm³/mol. The van der Waals surface area contributed by atoms with Crippen molar-refractivity contribution >= 4 is 34.0 Å². The third-order valence-corrected chi connectivity index (χ3v) is 4.11. The molecule has 1 aromatic heterocycles. The number of ether oxygens (including phenoxy) is 1. The van der Waals surface area contributed by atoms with Crippen LogP contribution in [0.2, 0.25) is 5.02 Å². The molecule has 0 aliphatic rings. The highest BCUT2D eigenvalue weighted by molar-refractivity contribution is 7.14. The summed E-state index contributed by atoms with van der Waals surface area (Å²) in [6.45, 7) is -0.233. The molecule has 3 rings (SSSR count). The average molecular weight is 381 g/mol. The number of hydrogen-bond donors (Lipinski definition) is 1. The number of thiazole rings is 1. The molecule has 1 N–H and O–H groups in total. The second-order valence-electron chi connectivity index (χ2n) is 4.96. The van der Waals surface area contributed by atoms with Crippen LogP contribution < -0.4 is 10.1 Å². The Morgan fingerprint density at radius 2 is 2.08 bits per heavy atom. The van der Waals surface area contributed by atoms with Crippen molar-refractivity contribution in [3.05, 3.63) is 64.5 Å². The molecule has 25 heavy (non-hydrogen) atoms. The van der Waals surface area contributed by atoms with Crippen molar-refractivity contribution in [2.75, 3.05) is 11.9 Å². The van der Waals surface area contributed by atoms with E-state index >= 15 is 0 Å². The van der Waals surface area contributed by atoms with Crippen LogP contribution in [-0.2, 0) is 4.79 Å². The number of nitrogens with zero attached hydrogens (tertiary/aromatic N) is 1. The second-order valence-corrected chi connectivity index (χ2v) is 6.25. The fraction of sp³-hybridized carbons (Fsp3) is 0.0588. The lowest BCUT2D eigenvalue weighted by molar-refractivity contribution is -0.118. The third-order valence-electron chi connectivity index (χ3n) is 3.12. The first-order valence-corrected chi connectivity index (χ1v) is 8.36. The van der Waals surface area contributed by atoms with Gasteiger partial charge < -0.3 is 4.74 Å². The van der Waals surface area contributed by atoms with E-state index in [9.17, 15) is 13.6 Å². The van der Waals surface area contributed by atoms with E-state index in [0.717, 1.165) is 29.5 Å². The molecule has 4 nitrogen and oxygen atoms in total. The lowest BCUT2D eigenvalue weighted by Gasteiger charge is -2.06. The number of amides is 1. The van der Waals surface area contributed by atoms with Crippen molar-refractivity contribution < 1.29 is 18.3 Å². The number of aromatic nitrogens is 1. The summed E-state index contributed by atoms with van der Waals surface area (Å²) in [4.78, 5) is 16.0. The quantitative estimate of drug-likeness (QED) is 0.694. The molecule has 0 aliphatic carbocycles. The Bertz CT molecular complexity index is 917. The number of carbonyl (C=O) groups is 1. The lowest BCUT2D eigenvalue weighted by Crippen LogP contribution is -2.20. The number of carbonyl (C=O) groups excluding carboxylic acids is 1. The summed E-state index contributed by atoms with van der Waals surface area (Å²) in [6.07, 6.45) is 0. The van der Waals surface area contributed by atoms with E-state index in [1.807, 2.05) is 0 Å². The number of anilines is 1. The van der Waals surface area contributed by atoms with E-state index in [1.54, 1.807) is 24.3 Å². The molecule has 0 saturated carbocycles. The molecule has 0 unspecified atom stereocenters. The van der Waals surface area contributed by atoms with Crippen LogP contribution in [0.25, 0.3) is 11.3 Å². The van der Waals surface area contributed by atoms with Crippen molar-refractivity contribution in [1.82, 2.24) is 4.98 Å². The summed E-state index contributed by atoms with van der Waals surface area (Å²) in [7, 11) is 0. The number of nitrogens with one attached hydrogen (secondary N) is 1. The van der Waals surface area contributed by atoms with E-state index in [-0.39, 0.29) is 23.0 Å². The zero-order valence-electron chi connectivity index (χ0n) is 12.6. The van der Waals surface area contributed by atoms with Gasteiger partial charge >= 0.3 is 0 Å². The number of hydrogen-bond acceptors (Lipinski definition) is 4. The molecular weight excluding hydrogens is 370 g/mol. The van der Waals surface area contributed by atoms with E-state index in [0.29, 0.717) is 10.8 Å². The average Bonchev–Trinajstić information content (AvgIpc) is 3.03. The summed E-state index contributed by atoms with van der Waals surface area (Å²) in [5.74, 6) is -1.12. The second kappa shape index (κ2) is 7.58. The van der Waals surface area contributed by atoms with Crippen LogP contribution in [0.1, 0.15) is 0 Å². The maximum absolute atomic E-state index is 13.7. The van der Waals surface area contributed by atoms with Crippen molar-refractivity contribution in [3.8, 4) is 17.0 Å². The Morgan fingerprint density at radius 1 is 1.24 bits per heavy atom. The fourth-order valence-corrected chi connectivity index (χ4v) is 2.92. The molecule has 128 valence electrons. The summed E-state index contributed by atoms with van der Waals surface area (Å²) < 4.78 is 32.3. The van der Waals surface area contributed by atoms with Crippen molar-refractivity contribution in [2.45, 2.75) is 0 Å². The van der Waals surface area contributed by atoms with Crippen LogP contribution in [0.3, 0.4) is 0 Å². The lowest BCUT2D eigenvalue weighted by atomic mass is 10.1. The maximum Gasteiger partial charge on any atom is 0.264 e. The molecule has 3 aromatic rings. The van der Waals surface area contributed by atoms with E-state index in [1.165, 1.54) is 5.38 Å². The minimum atomic E-state index is -0.589. The molecular formula is C17H11ClF2N2O2S. The maximum atomic E-state index is 13.7. The first-order chi connectivity index (χ1) is 12.0. The molecule has 0 saturated heterocycles. The molecule has 0 atom stereocenters. The van der Waals surface area contributed by atoms with Crippen LogP contribution in [0.15, 0.2) is 47.8 Å². The molecule has 0 aliphatic heterocycles. The fourth-order valence-electron chi connectivity index (χ4n) is 2.01. The zero-order chi connectivity index (χ0) is 17.8. The molecule has 1 amide bonds. The minimum absolute atomic E-state index is 0.0342. The topological polar surface area (TPSA) is 51.2 Å². The van der Waals surface area contributed by atoms with Crippen molar-refractivity contribution in [2.24, 2.45) is 0 Å². The Hall–Kier alpha value is -2.51. The van der Waals surface area contributed by atoms with Gasteiger partial charge in [-0.25, -0.2) is 13.8 Å². The van der Waals surface area contributed by atoms with Gasteiger partial charge in [0, 0.05) is 16.0 Å². The Labute approximate surface area is 151 Å². The van der Waals surface area contributed by atoms with E-state index in [2.05, 4.69) is 10.3 Å². The highest BCUT2D eigenvalue weighted by Crippen LogP contribution is 2.27. The molecule has 0 bridgehead atoms. The Kier molecular flexibility index (Phi) is 5.25. The first kappa shape index (κ1) is 17.3. The Balaban J connectivity index is 1.63. The van der Waals surface area contributed by atoms with Crippen LogP contribution in [0.4, 0.5) is 13.9 Å². The van der Waals surface area contributed by atoms with Crippen molar-refractivity contribution in [3.63, 3.8) is 0 Å². The molecule has 1 heterocycles. The van der Waals surface area contributed by atoms with Crippen LogP contribution in [0.5, 0.6) is 5.75 Å². The third kappa shape index (κ3) is 4.52. The number of rotatable bonds is 5. The van der Waals surface area contributed by atoms with Gasteiger partial charge in [-0.3, -0.25) is 10.1 Å². The molecule has 2 aromatic carbocycles. The highest BCUT2D eigenvalue weighted by Gasteiger charge is 2.12. The minimum Gasteiger partial charge on any atom is -0.484 e. The van der Waals surface area contributed by atoms with Gasteiger partial charge in [-0.1, -0.05) is 17.7 Å². The van der Waals surface area contributed by atoms with Gasteiger partial charge in [0.2, 0.25) is 0 Å². The van der Waals surface area contributed by atoms with Gasteiger partial charge in [0.15, 0.2) is 11.7 Å². The van der Waals surface area contributed by atoms with Crippen LogP contribution in [-0.4, -0.2) is 17.5 Å². The SMILES string of the molecule is O=C(COc1cccc(Cl)c1)Nc1nc(-c2cc(F)ccc2F)cs1. The standard InChI is InChI=1S/C17H11ClF2N2O2S/c18-10-2-1-3-12(6-10)24-8-16(23)22-17-21-15(9-25-17)13-7-11(19)4-5-14(13)20/h1-7,9H,8H2,(H,21,22,23). The molecule has 0 spiro atoms. The van der Waals surface area contributed by atoms with Gasteiger partial charge in [0.1, 0.15) is 17.4 Å². The number of benzene rings is 2.